The summed E-state index contributed by atoms with van der Waals surface area (Å²) in [5.74, 6) is 1.86. The van der Waals surface area contributed by atoms with Gasteiger partial charge < -0.3 is 38.0 Å². The Balaban J connectivity index is 0.000000221. The average molecular weight is 1050 g/mol. The maximum Gasteiger partial charge on any atom is 0.416 e. The number of carbonyl (C=O) groups excluding carboxylic acids is 2. The summed E-state index contributed by atoms with van der Waals surface area (Å²) in [7, 11) is 0. The van der Waals surface area contributed by atoms with Gasteiger partial charge in [-0.1, -0.05) is 102 Å². The van der Waals surface area contributed by atoms with Gasteiger partial charge in [-0.25, -0.2) is 19.6 Å². The zero-order valence-corrected chi connectivity index (χ0v) is 43.2. The van der Waals surface area contributed by atoms with E-state index >= 15 is 0 Å². The Labute approximate surface area is 445 Å². The summed E-state index contributed by atoms with van der Waals surface area (Å²) in [6.07, 6.45) is -0.352. The fourth-order valence-electron chi connectivity index (χ4n) is 7.79. The van der Waals surface area contributed by atoms with E-state index in [9.17, 15) is 29.4 Å². The van der Waals surface area contributed by atoms with E-state index in [0.29, 0.717) is 59.9 Å². The van der Waals surface area contributed by atoms with Crippen LogP contribution in [0.15, 0.2) is 160 Å². The normalized spacial score (nSPS) is 10.7. The van der Waals surface area contributed by atoms with E-state index < -0.39 is 37.2 Å². The molecule has 6 aromatic carbocycles. The highest BCUT2D eigenvalue weighted by molar-refractivity contribution is 6.30. The zero-order chi connectivity index (χ0) is 54.0. The first kappa shape index (κ1) is 54.9. The number of amides is 2. The number of carboxylic acid groups (broad SMARTS) is 2. The van der Waals surface area contributed by atoms with Crippen LogP contribution in [0.4, 0.5) is 9.59 Å². The fourth-order valence-corrected chi connectivity index (χ4v) is 8.07. The second kappa shape index (κ2) is 26.9. The minimum Gasteiger partial charge on any atom is -0.493 e. The van der Waals surface area contributed by atoms with E-state index in [-0.39, 0.29) is 25.4 Å². The molecular formula is C59H57ClN4O12. The number of benzene rings is 6. The molecule has 16 nitrogen and oxygen atoms in total. The SMILES string of the molecule is Cc1cc(Cl)cc(OC(=O)N(CC(=O)O)Cc2cccc(OCCc3nc(-c4ccccc4)oc3C)c2)c1.Cc1cccc(COC(=O)N(CC(=O)O)Cc2ccc(OCCc3nc(-c4ccccc4)oc3C)cc2)c1. The lowest BCUT2D eigenvalue weighted by molar-refractivity contribution is -0.139. The highest BCUT2D eigenvalue weighted by Crippen LogP contribution is 2.26. The standard InChI is InChI=1S/C30H30N2O6.C29H27ClN2O6/c1-21-7-6-8-24(17-21)20-37-30(35)32(19-28(33)34)18-23-11-13-26(14-12-23)36-16-15-27-22(2)38-29(31-27)25-9-4-3-5-10-25;1-19-13-23(30)16-25(14-19)38-29(35)32(18-27(33)34)17-21-7-6-10-24(15-21)36-12-11-26-20(2)37-28(31-26)22-8-4-3-5-9-22/h3-14,17H,15-16,18-20H2,1-2H3,(H,33,34);3-10,13-16H,11-12,17-18H2,1-2H3,(H,33,34). The molecule has 0 radical (unpaired) electrons. The Kier molecular flexibility index (Phi) is 19.4. The average Bonchev–Trinajstić information content (AvgIpc) is 3.97. The summed E-state index contributed by atoms with van der Waals surface area (Å²) in [5, 5.41) is 19.0. The molecule has 392 valence electrons. The van der Waals surface area contributed by atoms with Crippen LogP contribution in [0.2, 0.25) is 5.02 Å². The van der Waals surface area contributed by atoms with Crippen molar-refractivity contribution < 1.29 is 57.2 Å². The fraction of sp³-hybridized carbons (Fsp3) is 0.220. The molecule has 0 saturated carbocycles. The number of aromatic nitrogens is 2. The molecule has 0 aliphatic carbocycles. The van der Waals surface area contributed by atoms with Gasteiger partial charge >= 0.3 is 24.1 Å². The largest absolute Gasteiger partial charge is 0.493 e. The van der Waals surface area contributed by atoms with Crippen molar-refractivity contribution >= 4 is 35.7 Å². The molecule has 0 aliphatic heterocycles. The lowest BCUT2D eigenvalue weighted by Crippen LogP contribution is -2.37. The number of hydrogen-bond donors (Lipinski definition) is 2. The second-order valence-corrected chi connectivity index (χ2v) is 18.1. The van der Waals surface area contributed by atoms with Crippen LogP contribution in [0.3, 0.4) is 0 Å². The molecule has 0 atom stereocenters. The molecule has 0 aliphatic rings. The lowest BCUT2D eigenvalue weighted by Gasteiger charge is -2.20. The summed E-state index contributed by atoms with van der Waals surface area (Å²) in [4.78, 5) is 59.6. The van der Waals surface area contributed by atoms with Gasteiger partial charge in [0.15, 0.2) is 0 Å². The number of rotatable bonds is 21. The molecule has 0 bridgehead atoms. The number of aryl methyl sites for hydroxylation is 4. The summed E-state index contributed by atoms with van der Waals surface area (Å²) in [6.45, 7) is 7.49. The third-order valence-corrected chi connectivity index (χ3v) is 11.7. The minimum absolute atomic E-state index is 0.0186. The maximum atomic E-state index is 12.8. The molecule has 2 N–H and O–H groups in total. The highest BCUT2D eigenvalue weighted by atomic mass is 35.5. The van der Waals surface area contributed by atoms with Crippen LogP contribution in [-0.4, -0.2) is 80.4 Å². The van der Waals surface area contributed by atoms with Crippen LogP contribution in [0, 0.1) is 27.7 Å². The summed E-state index contributed by atoms with van der Waals surface area (Å²) < 4.78 is 34.1. The quantitative estimate of drug-likeness (QED) is 0.0687. The van der Waals surface area contributed by atoms with Gasteiger partial charge in [0.25, 0.3) is 0 Å². The predicted octanol–water partition coefficient (Wildman–Crippen LogP) is 12.1. The number of carbonyl (C=O) groups is 4. The Morgan fingerprint density at radius 2 is 1.07 bits per heavy atom. The van der Waals surface area contributed by atoms with Crippen LogP contribution >= 0.6 is 11.6 Å². The number of carboxylic acids is 2. The van der Waals surface area contributed by atoms with Crippen molar-refractivity contribution in [3.8, 4) is 40.2 Å². The van der Waals surface area contributed by atoms with Crippen LogP contribution < -0.4 is 14.2 Å². The number of halogens is 1. The smallest absolute Gasteiger partial charge is 0.416 e. The third-order valence-electron chi connectivity index (χ3n) is 11.4. The van der Waals surface area contributed by atoms with Gasteiger partial charge in [-0.3, -0.25) is 19.4 Å². The molecule has 2 amide bonds. The number of nitrogens with zero attached hydrogens (tertiary/aromatic N) is 4. The van der Waals surface area contributed by atoms with E-state index in [4.69, 9.17) is 39.4 Å². The molecule has 2 heterocycles. The first-order valence-electron chi connectivity index (χ1n) is 24.3. The van der Waals surface area contributed by atoms with Crippen molar-refractivity contribution in [2.45, 2.75) is 60.2 Å². The zero-order valence-electron chi connectivity index (χ0n) is 42.4. The molecule has 0 unspecified atom stereocenters. The number of oxazole rings is 2. The Morgan fingerprint density at radius 1 is 0.526 bits per heavy atom. The Hall–Kier alpha value is -8.89. The summed E-state index contributed by atoms with van der Waals surface area (Å²) in [6, 6.07) is 46.2. The van der Waals surface area contributed by atoms with Gasteiger partial charge in [0.2, 0.25) is 11.8 Å². The Morgan fingerprint density at radius 3 is 1.63 bits per heavy atom. The van der Waals surface area contributed by atoms with Gasteiger partial charge in [-0.15, -0.1) is 0 Å². The number of ether oxygens (including phenoxy) is 4. The molecule has 2 aromatic heterocycles. The van der Waals surface area contributed by atoms with E-state index in [1.54, 1.807) is 60.7 Å². The summed E-state index contributed by atoms with van der Waals surface area (Å²) >= 11 is 6.04. The third kappa shape index (κ3) is 16.8. The van der Waals surface area contributed by atoms with Crippen molar-refractivity contribution in [1.82, 2.24) is 19.8 Å². The van der Waals surface area contributed by atoms with Gasteiger partial charge in [0, 0.05) is 42.1 Å². The first-order chi connectivity index (χ1) is 36.6. The molecule has 17 heteroatoms. The number of aliphatic carboxylic acids is 2. The van der Waals surface area contributed by atoms with Crippen LogP contribution in [0.1, 0.15) is 50.7 Å². The number of hydrogen-bond acceptors (Lipinski definition) is 12. The van der Waals surface area contributed by atoms with E-state index in [2.05, 4.69) is 9.97 Å². The molecule has 0 spiro atoms. The van der Waals surface area contributed by atoms with Crippen LogP contribution in [0.25, 0.3) is 22.9 Å². The molecule has 0 fully saturated rings. The van der Waals surface area contributed by atoms with Gasteiger partial charge in [-0.05, 0) is 117 Å². The molecule has 76 heavy (non-hydrogen) atoms. The van der Waals surface area contributed by atoms with E-state index in [0.717, 1.165) is 66.1 Å². The van der Waals surface area contributed by atoms with E-state index in [1.807, 2.05) is 113 Å². The summed E-state index contributed by atoms with van der Waals surface area (Å²) in [5.41, 5.74) is 7.63. The van der Waals surface area contributed by atoms with Gasteiger partial charge in [0.1, 0.15) is 48.5 Å². The van der Waals surface area contributed by atoms with Crippen molar-refractivity contribution in [2.75, 3.05) is 26.3 Å². The van der Waals surface area contributed by atoms with Crippen LogP contribution in [0.5, 0.6) is 17.2 Å². The topological polar surface area (TPSA) is 204 Å². The van der Waals surface area contributed by atoms with Crippen molar-refractivity contribution in [3.63, 3.8) is 0 Å². The van der Waals surface area contributed by atoms with Gasteiger partial charge in [-0.2, -0.15) is 0 Å². The predicted molar refractivity (Wildman–Crippen MR) is 284 cm³/mol. The van der Waals surface area contributed by atoms with Gasteiger partial charge in [0.05, 0.1) is 24.6 Å². The van der Waals surface area contributed by atoms with Crippen molar-refractivity contribution in [3.05, 3.63) is 207 Å². The Bertz CT molecular complexity index is 3200. The first-order valence-corrected chi connectivity index (χ1v) is 24.6. The molecule has 8 aromatic rings. The van der Waals surface area contributed by atoms with Crippen molar-refractivity contribution in [1.29, 1.82) is 0 Å². The van der Waals surface area contributed by atoms with Crippen LogP contribution in [-0.2, 0) is 46.9 Å². The molecule has 8 rings (SSSR count). The monoisotopic (exact) mass is 1050 g/mol. The highest BCUT2D eigenvalue weighted by Gasteiger charge is 2.22. The molecular weight excluding hydrogens is 992 g/mol. The second-order valence-electron chi connectivity index (χ2n) is 17.6. The minimum atomic E-state index is -1.16. The molecule has 0 saturated heterocycles. The maximum absolute atomic E-state index is 12.8. The van der Waals surface area contributed by atoms with Crippen molar-refractivity contribution in [2.24, 2.45) is 0 Å². The lowest BCUT2D eigenvalue weighted by atomic mass is 10.1. The van der Waals surface area contributed by atoms with E-state index in [1.165, 1.54) is 6.07 Å².